The van der Waals surface area contributed by atoms with Gasteiger partial charge in [0.25, 0.3) is 11.8 Å². The molecule has 2 aromatic carbocycles. The molecule has 8 nitrogen and oxygen atoms in total. The van der Waals surface area contributed by atoms with Crippen LogP contribution in [0.15, 0.2) is 41.3 Å². The highest BCUT2D eigenvalue weighted by atomic mass is 32.2. The molecule has 1 N–H and O–H groups in total. The predicted octanol–water partition coefficient (Wildman–Crippen LogP) is 2.18. The largest absolute Gasteiger partial charge is 0.324 e. The van der Waals surface area contributed by atoms with Crippen molar-refractivity contribution in [3.8, 4) is 0 Å². The molecule has 1 aliphatic heterocycles. The third kappa shape index (κ3) is 3.50. The number of hydrogen-bond donors (Lipinski definition) is 1. The number of nitrogens with zero attached hydrogens (tertiary/aromatic N) is 2. The molecule has 0 fully saturated rings. The number of benzene rings is 2. The molecule has 1 aliphatic rings. The molecule has 1 atom stereocenters. The maximum Gasteiger partial charge on any atom is 0.262 e. The quantitative estimate of drug-likeness (QED) is 0.734. The summed E-state index contributed by atoms with van der Waals surface area (Å²) in [5.41, 5.74) is 2.20. The van der Waals surface area contributed by atoms with Gasteiger partial charge in [0.1, 0.15) is 6.04 Å². The van der Waals surface area contributed by atoms with Crippen molar-refractivity contribution in [3.63, 3.8) is 0 Å². The lowest BCUT2D eigenvalue weighted by molar-refractivity contribution is -0.119. The van der Waals surface area contributed by atoms with E-state index < -0.39 is 33.8 Å². The number of carbonyl (C=O) groups is 3. The third-order valence-electron chi connectivity index (χ3n) is 5.27. The second-order valence-electron chi connectivity index (χ2n) is 7.39. The van der Waals surface area contributed by atoms with Gasteiger partial charge in [0, 0.05) is 19.8 Å². The number of fused-ring (bicyclic) bond motifs is 1. The first-order valence-electron chi connectivity index (χ1n) is 9.28. The number of rotatable bonds is 5. The number of nitrogens with one attached hydrogen (secondary N) is 1. The first-order chi connectivity index (χ1) is 14.0. The van der Waals surface area contributed by atoms with Crippen LogP contribution in [0, 0.1) is 13.8 Å². The van der Waals surface area contributed by atoms with Crippen LogP contribution in [0.2, 0.25) is 0 Å². The van der Waals surface area contributed by atoms with E-state index in [0.717, 1.165) is 9.21 Å². The number of anilines is 1. The van der Waals surface area contributed by atoms with Crippen molar-refractivity contribution in [2.24, 2.45) is 0 Å². The van der Waals surface area contributed by atoms with Gasteiger partial charge in [0.2, 0.25) is 15.9 Å². The molecule has 0 spiro atoms. The summed E-state index contributed by atoms with van der Waals surface area (Å²) in [5.74, 6) is -1.66. The molecule has 3 rings (SSSR count). The molecular formula is C21H23N3O5S. The zero-order valence-electron chi connectivity index (χ0n) is 17.4. The highest BCUT2D eigenvalue weighted by Gasteiger charge is 2.40. The van der Waals surface area contributed by atoms with Gasteiger partial charge >= 0.3 is 0 Å². The molecular weight excluding hydrogens is 406 g/mol. The Hall–Kier alpha value is -3.04. The van der Waals surface area contributed by atoms with Gasteiger partial charge in [-0.25, -0.2) is 12.7 Å². The maximum absolute atomic E-state index is 12.9. The number of amides is 3. The van der Waals surface area contributed by atoms with Crippen molar-refractivity contribution in [2.75, 3.05) is 19.4 Å². The van der Waals surface area contributed by atoms with E-state index in [4.69, 9.17) is 0 Å². The summed E-state index contributed by atoms with van der Waals surface area (Å²) in [6, 6.07) is 8.24. The minimum absolute atomic E-state index is 0.0410. The molecule has 0 radical (unpaired) electrons. The van der Waals surface area contributed by atoms with Crippen molar-refractivity contribution < 1.29 is 22.8 Å². The smallest absolute Gasteiger partial charge is 0.262 e. The Bertz CT molecular complexity index is 1140. The molecule has 0 saturated heterocycles. The van der Waals surface area contributed by atoms with Crippen LogP contribution in [0.4, 0.5) is 5.69 Å². The zero-order valence-corrected chi connectivity index (χ0v) is 18.2. The van der Waals surface area contributed by atoms with Crippen LogP contribution in [0.25, 0.3) is 0 Å². The van der Waals surface area contributed by atoms with Gasteiger partial charge in [-0.05, 0) is 56.2 Å². The van der Waals surface area contributed by atoms with Gasteiger partial charge in [-0.3, -0.25) is 19.3 Å². The molecule has 3 amide bonds. The van der Waals surface area contributed by atoms with E-state index in [1.165, 1.54) is 33.2 Å². The van der Waals surface area contributed by atoms with E-state index in [1.54, 1.807) is 38.1 Å². The van der Waals surface area contributed by atoms with Crippen LogP contribution < -0.4 is 5.32 Å². The summed E-state index contributed by atoms with van der Waals surface area (Å²) in [4.78, 5) is 39.1. The first kappa shape index (κ1) is 21.7. The topological polar surface area (TPSA) is 104 Å². The van der Waals surface area contributed by atoms with Gasteiger partial charge in [-0.15, -0.1) is 0 Å². The van der Waals surface area contributed by atoms with Gasteiger partial charge in [0.15, 0.2) is 0 Å². The van der Waals surface area contributed by atoms with Crippen LogP contribution >= 0.6 is 0 Å². The Labute approximate surface area is 175 Å². The Balaban J connectivity index is 1.91. The molecule has 0 bridgehead atoms. The van der Waals surface area contributed by atoms with Crippen LogP contribution in [0.3, 0.4) is 0 Å². The Morgan fingerprint density at radius 2 is 1.57 bits per heavy atom. The molecule has 0 aromatic heterocycles. The predicted molar refractivity (Wildman–Crippen MR) is 112 cm³/mol. The summed E-state index contributed by atoms with van der Waals surface area (Å²) in [7, 11) is -0.853. The van der Waals surface area contributed by atoms with Crippen molar-refractivity contribution in [1.29, 1.82) is 0 Å². The first-order valence-corrected chi connectivity index (χ1v) is 10.7. The number of aryl methyl sites for hydroxylation is 1. The molecule has 9 heteroatoms. The standard InChI is InChI=1S/C21H23N3O5S/c1-12-10-15(30(28,29)23(4)5)11-18(13(12)2)22-19(25)14(3)24-20(26)16-8-6-7-9-17(16)21(24)27/h6-11,14H,1-5H3,(H,22,25). The molecule has 30 heavy (non-hydrogen) atoms. The summed E-state index contributed by atoms with van der Waals surface area (Å²) < 4.78 is 26.1. The zero-order chi connectivity index (χ0) is 22.4. The average Bonchev–Trinajstić information content (AvgIpc) is 2.95. The molecule has 1 unspecified atom stereocenters. The van der Waals surface area contributed by atoms with E-state index in [9.17, 15) is 22.8 Å². The van der Waals surface area contributed by atoms with Crippen LogP contribution in [0.5, 0.6) is 0 Å². The summed E-state index contributed by atoms with van der Waals surface area (Å²) >= 11 is 0. The van der Waals surface area contributed by atoms with Crippen LogP contribution in [0.1, 0.15) is 38.8 Å². The highest BCUT2D eigenvalue weighted by molar-refractivity contribution is 7.89. The van der Waals surface area contributed by atoms with E-state index >= 15 is 0 Å². The Morgan fingerprint density at radius 1 is 1.03 bits per heavy atom. The van der Waals surface area contributed by atoms with Gasteiger partial charge in [0.05, 0.1) is 16.0 Å². The average molecular weight is 429 g/mol. The van der Waals surface area contributed by atoms with Gasteiger partial charge in [-0.2, -0.15) is 0 Å². The molecule has 1 heterocycles. The minimum Gasteiger partial charge on any atom is -0.324 e. The van der Waals surface area contributed by atoms with Gasteiger partial charge in [-0.1, -0.05) is 12.1 Å². The van der Waals surface area contributed by atoms with E-state index in [1.807, 2.05) is 0 Å². The molecule has 0 aliphatic carbocycles. The molecule has 0 saturated carbocycles. The van der Waals surface area contributed by atoms with Gasteiger partial charge < -0.3 is 5.32 Å². The number of sulfonamides is 1. The summed E-state index contributed by atoms with van der Waals surface area (Å²) in [6.07, 6.45) is 0. The summed E-state index contributed by atoms with van der Waals surface area (Å²) in [5, 5.41) is 2.68. The van der Waals surface area contributed by atoms with Crippen molar-refractivity contribution >= 4 is 33.4 Å². The van der Waals surface area contributed by atoms with E-state index in [0.29, 0.717) is 16.8 Å². The second-order valence-corrected chi connectivity index (χ2v) is 9.54. The van der Waals surface area contributed by atoms with E-state index in [2.05, 4.69) is 5.32 Å². The monoisotopic (exact) mass is 429 g/mol. The van der Waals surface area contributed by atoms with Crippen LogP contribution in [-0.4, -0.2) is 55.5 Å². The molecule has 2 aromatic rings. The SMILES string of the molecule is Cc1cc(S(=O)(=O)N(C)C)cc(NC(=O)C(C)N2C(=O)c3ccccc3C2=O)c1C. The lowest BCUT2D eigenvalue weighted by Crippen LogP contribution is -2.45. The highest BCUT2D eigenvalue weighted by Crippen LogP contribution is 2.28. The lowest BCUT2D eigenvalue weighted by atomic mass is 10.1. The number of imide groups is 1. The number of carbonyl (C=O) groups excluding carboxylic acids is 3. The fraction of sp³-hybridized carbons (Fsp3) is 0.286. The van der Waals surface area contributed by atoms with Crippen molar-refractivity contribution in [1.82, 2.24) is 9.21 Å². The fourth-order valence-electron chi connectivity index (χ4n) is 3.23. The third-order valence-corrected chi connectivity index (χ3v) is 7.06. The van der Waals surface area contributed by atoms with E-state index in [-0.39, 0.29) is 16.0 Å². The second kappa shape index (κ2) is 7.66. The summed E-state index contributed by atoms with van der Waals surface area (Å²) in [6.45, 7) is 4.95. The Morgan fingerprint density at radius 3 is 2.07 bits per heavy atom. The Kier molecular flexibility index (Phi) is 5.53. The van der Waals surface area contributed by atoms with Crippen LogP contribution in [-0.2, 0) is 14.8 Å². The molecule has 158 valence electrons. The van der Waals surface area contributed by atoms with Crippen molar-refractivity contribution in [2.45, 2.75) is 31.7 Å². The lowest BCUT2D eigenvalue weighted by Gasteiger charge is -2.23. The minimum atomic E-state index is -3.70. The maximum atomic E-state index is 12.9. The van der Waals surface area contributed by atoms with Crippen molar-refractivity contribution in [3.05, 3.63) is 58.7 Å². The number of hydrogen-bond acceptors (Lipinski definition) is 5. The fourth-order valence-corrected chi connectivity index (χ4v) is 4.24. The normalized spacial score (nSPS) is 14.8.